The Kier molecular flexibility index (Phi) is 5.53. The van der Waals surface area contributed by atoms with Crippen LogP contribution in [0.4, 0.5) is 10.5 Å². The molecule has 2 N–H and O–H groups in total. The normalized spacial score (nSPS) is 14.6. The number of nitrogens with one attached hydrogen (secondary N) is 2. The Balaban J connectivity index is 1.46. The molecular formula is C23H19N3O5. The molecule has 8 nitrogen and oxygen atoms in total. The molecular weight excluding hydrogens is 398 g/mol. The van der Waals surface area contributed by atoms with E-state index in [0.29, 0.717) is 23.0 Å². The lowest BCUT2D eigenvalue weighted by Crippen LogP contribution is -2.38. The number of amides is 4. The van der Waals surface area contributed by atoms with Crippen LogP contribution >= 0.6 is 0 Å². The number of carbonyl (C=O) groups excluding carboxylic acids is 3. The van der Waals surface area contributed by atoms with E-state index < -0.39 is 24.4 Å². The third kappa shape index (κ3) is 4.48. The van der Waals surface area contributed by atoms with Gasteiger partial charge < -0.3 is 19.8 Å². The van der Waals surface area contributed by atoms with E-state index in [9.17, 15) is 14.4 Å². The van der Waals surface area contributed by atoms with Crippen LogP contribution in [-0.2, 0) is 9.59 Å². The van der Waals surface area contributed by atoms with Crippen molar-refractivity contribution >= 4 is 29.6 Å². The maximum absolute atomic E-state index is 12.6. The van der Waals surface area contributed by atoms with Crippen LogP contribution in [0.3, 0.4) is 0 Å². The molecule has 0 radical (unpaired) electrons. The first-order chi connectivity index (χ1) is 15.0. The summed E-state index contributed by atoms with van der Waals surface area (Å²) >= 11 is 0. The van der Waals surface area contributed by atoms with Crippen molar-refractivity contribution in [2.45, 2.75) is 0 Å². The summed E-state index contributed by atoms with van der Waals surface area (Å²) in [6.07, 6.45) is 1.43. The molecule has 3 aromatic rings. The summed E-state index contributed by atoms with van der Waals surface area (Å²) in [6.45, 7) is -0.399. The van der Waals surface area contributed by atoms with Gasteiger partial charge >= 0.3 is 6.03 Å². The average molecular weight is 417 g/mol. The van der Waals surface area contributed by atoms with Gasteiger partial charge in [0.1, 0.15) is 29.5 Å². The molecule has 1 saturated heterocycles. The van der Waals surface area contributed by atoms with Crippen LogP contribution in [0.2, 0.25) is 0 Å². The Morgan fingerprint density at radius 1 is 1.10 bits per heavy atom. The highest BCUT2D eigenvalue weighted by molar-refractivity contribution is 6.15. The van der Waals surface area contributed by atoms with E-state index >= 15 is 0 Å². The molecule has 0 aliphatic carbocycles. The van der Waals surface area contributed by atoms with Crippen molar-refractivity contribution < 1.29 is 23.5 Å². The van der Waals surface area contributed by atoms with Gasteiger partial charge in [-0.15, -0.1) is 0 Å². The third-order valence-corrected chi connectivity index (χ3v) is 4.59. The first-order valence-corrected chi connectivity index (χ1v) is 9.47. The van der Waals surface area contributed by atoms with Crippen molar-refractivity contribution in [1.29, 1.82) is 0 Å². The van der Waals surface area contributed by atoms with Gasteiger partial charge in [-0.25, -0.2) is 9.69 Å². The fraction of sp³-hybridized carbons (Fsp3) is 0.0870. The first kappa shape index (κ1) is 20.0. The van der Waals surface area contributed by atoms with Gasteiger partial charge in [-0.2, -0.15) is 0 Å². The zero-order chi connectivity index (χ0) is 21.8. The van der Waals surface area contributed by atoms with Gasteiger partial charge in [0.25, 0.3) is 5.91 Å². The molecule has 8 heteroatoms. The highest BCUT2D eigenvalue weighted by atomic mass is 16.5. The molecule has 4 amide bonds. The fourth-order valence-corrected chi connectivity index (χ4v) is 3.08. The topological polar surface area (TPSA) is 101 Å². The van der Waals surface area contributed by atoms with Gasteiger partial charge in [0.05, 0.1) is 7.11 Å². The molecule has 0 saturated carbocycles. The van der Waals surface area contributed by atoms with Crippen molar-refractivity contribution in [2.24, 2.45) is 0 Å². The Labute approximate surface area is 178 Å². The zero-order valence-corrected chi connectivity index (χ0v) is 16.6. The summed E-state index contributed by atoms with van der Waals surface area (Å²) in [4.78, 5) is 37.9. The van der Waals surface area contributed by atoms with Crippen LogP contribution in [0, 0.1) is 0 Å². The number of hydrogen-bond acceptors (Lipinski definition) is 5. The number of rotatable bonds is 6. The molecule has 0 bridgehead atoms. The highest BCUT2D eigenvalue weighted by Gasteiger charge is 2.35. The summed E-state index contributed by atoms with van der Waals surface area (Å²) in [5, 5.41) is 5.12. The molecule has 2 heterocycles. The van der Waals surface area contributed by atoms with Crippen LogP contribution in [0.15, 0.2) is 76.8 Å². The summed E-state index contributed by atoms with van der Waals surface area (Å²) in [5.41, 5.74) is 1.42. The Bertz CT molecular complexity index is 1170. The molecule has 1 aliphatic heterocycles. The minimum atomic E-state index is -0.668. The number of hydrogen-bond donors (Lipinski definition) is 2. The number of benzene rings is 2. The number of carbonyl (C=O) groups is 3. The standard InChI is InChI=1S/C23H19N3O5/c1-30-17-9-5-6-15(12-17)20-11-10-18(31-20)13-19-22(28)26(23(29)25-19)14-21(27)24-16-7-3-2-4-8-16/h2-13H,14H2,1H3,(H,24,27)(H,25,29). The summed E-state index contributed by atoms with van der Waals surface area (Å²) < 4.78 is 11.0. The number of imide groups is 1. The second-order valence-electron chi connectivity index (χ2n) is 6.73. The lowest BCUT2D eigenvalue weighted by molar-refractivity contribution is -0.127. The predicted molar refractivity (Wildman–Crippen MR) is 114 cm³/mol. The number of urea groups is 1. The summed E-state index contributed by atoms with van der Waals surface area (Å²) in [5.74, 6) is 0.580. The number of nitrogens with zero attached hydrogens (tertiary/aromatic N) is 1. The van der Waals surface area contributed by atoms with Crippen molar-refractivity contribution in [3.8, 4) is 17.1 Å². The molecule has 156 valence electrons. The van der Waals surface area contributed by atoms with Crippen molar-refractivity contribution in [1.82, 2.24) is 10.2 Å². The molecule has 1 aromatic heterocycles. The number of furan rings is 1. The van der Waals surface area contributed by atoms with Crippen LogP contribution < -0.4 is 15.4 Å². The number of anilines is 1. The summed E-state index contributed by atoms with van der Waals surface area (Å²) in [7, 11) is 1.58. The van der Waals surface area contributed by atoms with Gasteiger partial charge in [-0.05, 0) is 36.4 Å². The molecule has 1 fully saturated rings. The van der Waals surface area contributed by atoms with Crippen LogP contribution in [0.1, 0.15) is 5.76 Å². The minimum Gasteiger partial charge on any atom is -0.497 e. The predicted octanol–water partition coefficient (Wildman–Crippen LogP) is 3.49. The van der Waals surface area contributed by atoms with Crippen molar-refractivity contribution in [3.63, 3.8) is 0 Å². The maximum atomic E-state index is 12.6. The molecule has 2 aromatic carbocycles. The molecule has 31 heavy (non-hydrogen) atoms. The Morgan fingerprint density at radius 2 is 1.90 bits per heavy atom. The van der Waals surface area contributed by atoms with E-state index in [1.807, 2.05) is 30.3 Å². The summed E-state index contributed by atoms with van der Waals surface area (Å²) in [6, 6.07) is 18.9. The van der Waals surface area contributed by atoms with Crippen molar-refractivity contribution in [3.05, 3.63) is 78.2 Å². The molecule has 4 rings (SSSR count). The SMILES string of the molecule is COc1cccc(-c2ccc(C=C3NC(=O)N(CC(=O)Nc4ccccc4)C3=O)o2)c1. The second kappa shape index (κ2) is 8.58. The van der Waals surface area contributed by atoms with E-state index in [1.165, 1.54) is 6.08 Å². The lowest BCUT2D eigenvalue weighted by Gasteiger charge is -2.11. The van der Waals surface area contributed by atoms with Gasteiger partial charge in [-0.3, -0.25) is 9.59 Å². The number of ether oxygens (including phenoxy) is 1. The molecule has 1 aliphatic rings. The van der Waals surface area contributed by atoms with Crippen LogP contribution in [0.5, 0.6) is 5.75 Å². The highest BCUT2D eigenvalue weighted by Crippen LogP contribution is 2.27. The smallest absolute Gasteiger partial charge is 0.329 e. The Hall–Kier alpha value is -4.33. The monoisotopic (exact) mass is 417 g/mol. The van der Waals surface area contributed by atoms with E-state index in [0.717, 1.165) is 10.5 Å². The number of methoxy groups -OCH3 is 1. The van der Waals surface area contributed by atoms with Crippen LogP contribution in [0.25, 0.3) is 17.4 Å². The van der Waals surface area contributed by atoms with E-state index in [2.05, 4.69) is 10.6 Å². The van der Waals surface area contributed by atoms with E-state index in [-0.39, 0.29) is 5.70 Å². The molecule has 0 unspecified atom stereocenters. The van der Waals surface area contributed by atoms with E-state index in [1.54, 1.807) is 43.5 Å². The maximum Gasteiger partial charge on any atom is 0.329 e. The second-order valence-corrected chi connectivity index (χ2v) is 6.73. The lowest BCUT2D eigenvalue weighted by atomic mass is 10.2. The molecule has 0 atom stereocenters. The largest absolute Gasteiger partial charge is 0.497 e. The van der Waals surface area contributed by atoms with Gasteiger partial charge in [0.15, 0.2) is 0 Å². The molecule has 0 spiro atoms. The Morgan fingerprint density at radius 3 is 2.68 bits per heavy atom. The average Bonchev–Trinajstić information content (AvgIpc) is 3.35. The van der Waals surface area contributed by atoms with E-state index in [4.69, 9.17) is 9.15 Å². The zero-order valence-electron chi connectivity index (χ0n) is 16.6. The van der Waals surface area contributed by atoms with Gasteiger partial charge in [0, 0.05) is 17.3 Å². The fourth-order valence-electron chi connectivity index (χ4n) is 3.08. The number of para-hydroxylation sites is 1. The van der Waals surface area contributed by atoms with Crippen molar-refractivity contribution in [2.75, 3.05) is 19.0 Å². The third-order valence-electron chi connectivity index (χ3n) is 4.59. The minimum absolute atomic E-state index is 0.0315. The van der Waals surface area contributed by atoms with Gasteiger partial charge in [0.2, 0.25) is 5.91 Å². The quantitative estimate of drug-likeness (QED) is 0.472. The van der Waals surface area contributed by atoms with Gasteiger partial charge in [-0.1, -0.05) is 30.3 Å². The first-order valence-electron chi connectivity index (χ1n) is 9.47. The van der Waals surface area contributed by atoms with Crippen LogP contribution in [-0.4, -0.2) is 36.4 Å².